The van der Waals surface area contributed by atoms with E-state index < -0.39 is 17.7 Å². The van der Waals surface area contributed by atoms with Crippen LogP contribution >= 0.6 is 0 Å². The maximum atomic E-state index is 12.6. The summed E-state index contributed by atoms with van der Waals surface area (Å²) in [7, 11) is 1.31. The molecular weight excluding hydrogens is 391 g/mol. The zero-order chi connectivity index (χ0) is 21.6. The summed E-state index contributed by atoms with van der Waals surface area (Å²) in [5.74, 6) is -0.936. The Balaban J connectivity index is 0.00000145. The number of carboxylic acids is 1. The average molecular weight is 409 g/mol. The summed E-state index contributed by atoms with van der Waals surface area (Å²) in [6.45, 7) is 4.00. The van der Waals surface area contributed by atoms with Gasteiger partial charge in [0, 0.05) is 11.6 Å². The van der Waals surface area contributed by atoms with E-state index in [1.54, 1.807) is 0 Å². The van der Waals surface area contributed by atoms with Crippen molar-refractivity contribution in [1.29, 1.82) is 0 Å². The number of methoxy groups -OCH3 is 1. The molecule has 0 amide bonds. The topological polar surface area (TPSA) is 97.5 Å². The molecule has 1 aromatic carbocycles. The number of nitrogens with one attached hydrogen (secondary N) is 1. The van der Waals surface area contributed by atoms with Gasteiger partial charge in [0.15, 0.2) is 17.2 Å². The molecule has 0 aliphatic heterocycles. The van der Waals surface area contributed by atoms with Gasteiger partial charge in [0.05, 0.1) is 30.8 Å². The molecule has 0 fully saturated rings. The summed E-state index contributed by atoms with van der Waals surface area (Å²) < 4.78 is 48.3. The number of carboxylic acid groups (broad SMARTS) is 1. The van der Waals surface area contributed by atoms with Gasteiger partial charge in [0.1, 0.15) is 0 Å². The SMILES string of the molecule is CC.COc1cc(Nc2ncc(-c3ccc(C(F)(F)F)cc3)o2)cnc1C(=O)O. The molecule has 3 aromatic rings. The van der Waals surface area contributed by atoms with Crippen molar-refractivity contribution >= 4 is 17.7 Å². The molecule has 2 N–H and O–H groups in total. The van der Waals surface area contributed by atoms with Crippen molar-refractivity contribution in [3.05, 3.63) is 54.0 Å². The Morgan fingerprint density at radius 3 is 2.34 bits per heavy atom. The summed E-state index contributed by atoms with van der Waals surface area (Å²) in [4.78, 5) is 18.8. The Morgan fingerprint density at radius 2 is 1.79 bits per heavy atom. The molecule has 0 saturated carbocycles. The monoisotopic (exact) mass is 409 g/mol. The van der Waals surface area contributed by atoms with Crippen LogP contribution < -0.4 is 10.1 Å². The van der Waals surface area contributed by atoms with E-state index in [-0.39, 0.29) is 23.2 Å². The average Bonchev–Trinajstić information content (AvgIpc) is 3.17. The van der Waals surface area contributed by atoms with Crippen LogP contribution in [0.1, 0.15) is 29.9 Å². The van der Waals surface area contributed by atoms with E-state index in [9.17, 15) is 18.0 Å². The fourth-order valence-corrected chi connectivity index (χ4v) is 2.24. The fourth-order valence-electron chi connectivity index (χ4n) is 2.24. The molecule has 2 heterocycles. The van der Waals surface area contributed by atoms with Gasteiger partial charge in [-0.15, -0.1) is 0 Å². The number of aromatic nitrogens is 2. The lowest BCUT2D eigenvalue weighted by Crippen LogP contribution is -2.04. The van der Waals surface area contributed by atoms with Crippen LogP contribution in [0.3, 0.4) is 0 Å². The lowest BCUT2D eigenvalue weighted by molar-refractivity contribution is -0.137. The number of halogens is 3. The maximum absolute atomic E-state index is 12.6. The van der Waals surface area contributed by atoms with Crippen molar-refractivity contribution in [3.63, 3.8) is 0 Å². The molecule has 0 spiro atoms. The van der Waals surface area contributed by atoms with E-state index >= 15 is 0 Å². The van der Waals surface area contributed by atoms with Gasteiger partial charge in [0.2, 0.25) is 0 Å². The minimum Gasteiger partial charge on any atom is -0.494 e. The van der Waals surface area contributed by atoms with E-state index in [4.69, 9.17) is 14.3 Å². The summed E-state index contributed by atoms with van der Waals surface area (Å²) in [5.41, 5.74) is -0.236. The first kappa shape index (κ1) is 21.7. The first-order valence-corrected chi connectivity index (χ1v) is 8.45. The van der Waals surface area contributed by atoms with Crippen molar-refractivity contribution in [2.45, 2.75) is 20.0 Å². The fraction of sp³-hybridized carbons (Fsp3) is 0.211. The molecule has 3 rings (SSSR count). The van der Waals surface area contributed by atoms with E-state index in [1.807, 2.05) is 13.8 Å². The molecule has 0 unspecified atom stereocenters. The highest BCUT2D eigenvalue weighted by atomic mass is 19.4. The number of nitrogens with zero attached hydrogens (tertiary/aromatic N) is 2. The van der Waals surface area contributed by atoms with E-state index in [0.717, 1.165) is 12.1 Å². The minimum atomic E-state index is -4.42. The Hall–Kier alpha value is -3.56. The predicted octanol–water partition coefficient (Wildman–Crippen LogP) is 5.23. The Bertz CT molecular complexity index is 970. The van der Waals surface area contributed by atoms with Crippen molar-refractivity contribution in [2.24, 2.45) is 0 Å². The second-order valence-electron chi connectivity index (χ2n) is 5.31. The third-order valence-electron chi connectivity index (χ3n) is 3.53. The van der Waals surface area contributed by atoms with Gasteiger partial charge >= 0.3 is 12.1 Å². The van der Waals surface area contributed by atoms with Crippen LogP contribution in [-0.2, 0) is 6.18 Å². The number of rotatable bonds is 5. The Kier molecular flexibility index (Phi) is 6.81. The number of hydrogen-bond donors (Lipinski definition) is 2. The van der Waals surface area contributed by atoms with Gasteiger partial charge in [0.25, 0.3) is 6.01 Å². The number of anilines is 2. The summed E-state index contributed by atoms with van der Waals surface area (Å²) in [5, 5.41) is 11.8. The van der Waals surface area contributed by atoms with Gasteiger partial charge in [-0.3, -0.25) is 0 Å². The first-order chi connectivity index (χ1) is 13.8. The van der Waals surface area contributed by atoms with Crippen LogP contribution in [0, 0.1) is 0 Å². The van der Waals surface area contributed by atoms with Crippen LogP contribution in [0.4, 0.5) is 24.9 Å². The normalized spacial score (nSPS) is 10.7. The summed E-state index contributed by atoms with van der Waals surface area (Å²) >= 11 is 0. The number of pyridine rings is 1. The highest BCUT2D eigenvalue weighted by Gasteiger charge is 2.30. The highest BCUT2D eigenvalue weighted by molar-refractivity contribution is 5.89. The number of oxazole rings is 1. The summed E-state index contributed by atoms with van der Waals surface area (Å²) in [6.07, 6.45) is -1.81. The van der Waals surface area contributed by atoms with Crippen molar-refractivity contribution in [3.8, 4) is 17.1 Å². The van der Waals surface area contributed by atoms with Crippen LogP contribution in [0.5, 0.6) is 5.75 Å². The zero-order valence-corrected chi connectivity index (χ0v) is 15.7. The Morgan fingerprint density at radius 1 is 1.14 bits per heavy atom. The molecule has 2 aromatic heterocycles. The van der Waals surface area contributed by atoms with Gasteiger partial charge in [-0.2, -0.15) is 13.2 Å². The number of ether oxygens (including phenoxy) is 1. The van der Waals surface area contributed by atoms with E-state index in [1.165, 1.54) is 37.7 Å². The second-order valence-corrected chi connectivity index (χ2v) is 5.31. The highest BCUT2D eigenvalue weighted by Crippen LogP contribution is 2.32. The maximum Gasteiger partial charge on any atom is 0.416 e. The van der Waals surface area contributed by atoms with Crippen molar-refractivity contribution < 1.29 is 32.2 Å². The molecule has 154 valence electrons. The lowest BCUT2D eigenvalue weighted by atomic mass is 10.1. The molecule has 10 heteroatoms. The molecule has 7 nitrogen and oxygen atoms in total. The molecule has 0 aliphatic carbocycles. The third kappa shape index (κ3) is 5.24. The Labute approximate surface area is 164 Å². The van der Waals surface area contributed by atoms with Gasteiger partial charge in [-0.25, -0.2) is 14.8 Å². The quantitative estimate of drug-likeness (QED) is 0.595. The van der Waals surface area contributed by atoms with Gasteiger partial charge in [-0.05, 0) is 12.1 Å². The van der Waals surface area contributed by atoms with Crippen LogP contribution in [0.25, 0.3) is 11.3 Å². The van der Waals surface area contributed by atoms with Crippen molar-refractivity contribution in [2.75, 3.05) is 12.4 Å². The molecule has 0 saturated heterocycles. The van der Waals surface area contributed by atoms with E-state index in [2.05, 4.69) is 15.3 Å². The molecule has 0 aliphatic rings. The molecular formula is C19H18F3N3O4. The van der Waals surface area contributed by atoms with Crippen molar-refractivity contribution in [1.82, 2.24) is 9.97 Å². The number of benzene rings is 1. The van der Waals surface area contributed by atoms with Gasteiger partial charge < -0.3 is 19.6 Å². The van der Waals surface area contributed by atoms with Crippen LogP contribution in [0.2, 0.25) is 0 Å². The summed E-state index contributed by atoms with van der Waals surface area (Å²) in [6, 6.07) is 5.91. The van der Waals surface area contributed by atoms with E-state index in [0.29, 0.717) is 11.3 Å². The van der Waals surface area contributed by atoms with Crippen LogP contribution in [-0.4, -0.2) is 28.2 Å². The number of alkyl halides is 3. The lowest BCUT2D eigenvalue weighted by Gasteiger charge is -2.07. The standard InChI is InChI=1S/C17H12F3N3O4.C2H6/c1-26-12-6-11(7-21-14(12)15(24)25)23-16-22-8-13(27-16)9-2-4-10(5-3-9)17(18,19)20;1-2/h2-8H,1H3,(H,22,23)(H,24,25);1-2H3. The minimum absolute atomic E-state index is 0.0435. The molecule has 0 atom stereocenters. The molecule has 29 heavy (non-hydrogen) atoms. The predicted molar refractivity (Wildman–Crippen MR) is 99.3 cm³/mol. The zero-order valence-electron chi connectivity index (χ0n) is 15.7. The molecule has 0 bridgehead atoms. The first-order valence-electron chi connectivity index (χ1n) is 8.45. The third-order valence-corrected chi connectivity index (χ3v) is 3.53. The molecule has 0 radical (unpaired) electrons. The van der Waals surface area contributed by atoms with Crippen LogP contribution in [0.15, 0.2) is 47.1 Å². The second kappa shape index (κ2) is 9.09. The number of carbonyl (C=O) groups is 1. The van der Waals surface area contributed by atoms with Gasteiger partial charge in [-0.1, -0.05) is 26.0 Å². The number of aromatic carboxylic acids is 1. The number of hydrogen-bond acceptors (Lipinski definition) is 6. The largest absolute Gasteiger partial charge is 0.494 e. The smallest absolute Gasteiger partial charge is 0.416 e.